The summed E-state index contributed by atoms with van der Waals surface area (Å²) in [5.41, 5.74) is 0. The van der Waals surface area contributed by atoms with Gasteiger partial charge in [0.25, 0.3) is 0 Å². The van der Waals surface area contributed by atoms with Crippen molar-refractivity contribution >= 4 is 10.1 Å². The summed E-state index contributed by atoms with van der Waals surface area (Å²) in [5.74, 6) is 0.0129. The van der Waals surface area contributed by atoms with Crippen molar-refractivity contribution in [1.29, 1.82) is 0 Å². The molecule has 0 amide bonds. The fraction of sp³-hybridized carbons (Fsp3) is 0.786. The summed E-state index contributed by atoms with van der Waals surface area (Å²) in [4.78, 5) is 0. The van der Waals surface area contributed by atoms with E-state index in [1.807, 2.05) is 17.7 Å². The van der Waals surface area contributed by atoms with Gasteiger partial charge < -0.3 is 8.92 Å². The fourth-order valence-electron chi connectivity index (χ4n) is 1.90. The van der Waals surface area contributed by atoms with Crippen LogP contribution in [0.2, 0.25) is 0 Å². The van der Waals surface area contributed by atoms with Gasteiger partial charge in [-0.3, -0.25) is 0 Å². The first-order valence-electron chi connectivity index (χ1n) is 7.54. The van der Waals surface area contributed by atoms with Crippen LogP contribution in [-0.4, -0.2) is 32.0 Å². The van der Waals surface area contributed by atoms with Crippen LogP contribution in [0, 0.1) is 0 Å². The Morgan fingerprint density at radius 3 is 2.67 bits per heavy atom. The molecule has 0 bridgehead atoms. The highest BCUT2D eigenvalue weighted by molar-refractivity contribution is 7.87. The minimum atomic E-state index is -3.56. The lowest BCUT2D eigenvalue weighted by molar-refractivity contribution is -0.674. The number of aromatic nitrogens is 2. The molecule has 1 rings (SSSR count). The summed E-state index contributed by atoms with van der Waals surface area (Å²) < 4.78 is 38.0. The number of hydrogen-bond donors (Lipinski definition) is 0. The van der Waals surface area contributed by atoms with E-state index in [0.717, 1.165) is 25.8 Å². The van der Waals surface area contributed by atoms with Gasteiger partial charge in [-0.2, -0.15) is 17.6 Å². The van der Waals surface area contributed by atoms with E-state index in [0.29, 0.717) is 25.6 Å². The van der Waals surface area contributed by atoms with Gasteiger partial charge in [-0.05, 0) is 26.2 Å². The smallest absolute Gasteiger partial charge is 0.382 e. The van der Waals surface area contributed by atoms with Gasteiger partial charge in [-0.25, -0.2) is 0 Å². The number of imidazole rings is 1. The topological polar surface area (TPSA) is 61.4 Å². The van der Waals surface area contributed by atoms with Crippen molar-refractivity contribution in [2.45, 2.75) is 46.1 Å². The predicted octanol–water partition coefficient (Wildman–Crippen LogP) is 1.64. The molecule has 0 saturated heterocycles. The molecule has 1 heterocycles. The standard InChI is InChI=1S/C14H27N2O4S/c1-4-6-9-16-11-10-15(3)14(16)20-21(17,18)13-8-7-12-19-5-2/h10-11H,4-9,12-13H2,1-3H3/q+1. The van der Waals surface area contributed by atoms with Crippen molar-refractivity contribution in [1.82, 2.24) is 4.57 Å². The monoisotopic (exact) mass is 319 g/mol. The maximum absolute atomic E-state index is 12.0. The SMILES string of the molecule is CCCCn1cc[n+](C)c1OS(=O)(=O)CCCCOCC. The van der Waals surface area contributed by atoms with Crippen LogP contribution in [0.25, 0.3) is 0 Å². The van der Waals surface area contributed by atoms with Crippen molar-refractivity contribution in [3.8, 4) is 6.01 Å². The van der Waals surface area contributed by atoms with E-state index in [1.165, 1.54) is 0 Å². The van der Waals surface area contributed by atoms with Crippen molar-refractivity contribution < 1.29 is 21.9 Å². The second-order valence-electron chi connectivity index (χ2n) is 4.99. The second kappa shape index (κ2) is 9.04. The molecule has 0 aromatic carbocycles. The van der Waals surface area contributed by atoms with Crippen LogP contribution >= 0.6 is 0 Å². The normalized spacial score (nSPS) is 11.8. The Morgan fingerprint density at radius 2 is 2.00 bits per heavy atom. The molecule has 6 nitrogen and oxygen atoms in total. The van der Waals surface area contributed by atoms with Gasteiger partial charge in [0, 0.05) is 13.2 Å². The van der Waals surface area contributed by atoms with Gasteiger partial charge in [-0.15, -0.1) is 0 Å². The molecule has 0 atom stereocenters. The predicted molar refractivity (Wildman–Crippen MR) is 80.7 cm³/mol. The highest BCUT2D eigenvalue weighted by Crippen LogP contribution is 2.11. The zero-order chi connectivity index (χ0) is 15.7. The summed E-state index contributed by atoms with van der Waals surface area (Å²) in [5, 5.41) is 0. The highest BCUT2D eigenvalue weighted by Gasteiger charge is 2.23. The molecule has 21 heavy (non-hydrogen) atoms. The molecule has 1 aromatic heterocycles. The number of unbranched alkanes of at least 4 members (excludes halogenated alkanes) is 2. The number of hydrogen-bond acceptors (Lipinski definition) is 4. The van der Waals surface area contributed by atoms with Crippen molar-refractivity contribution in [2.75, 3.05) is 19.0 Å². The Morgan fingerprint density at radius 1 is 1.24 bits per heavy atom. The van der Waals surface area contributed by atoms with Crippen molar-refractivity contribution in [2.24, 2.45) is 7.05 Å². The number of nitrogens with zero attached hydrogens (tertiary/aromatic N) is 2. The zero-order valence-corrected chi connectivity index (χ0v) is 14.1. The summed E-state index contributed by atoms with van der Waals surface area (Å²) in [6.07, 6.45) is 6.94. The maximum atomic E-state index is 12.0. The Balaban J connectivity index is 2.56. The first-order chi connectivity index (χ1) is 10.00. The Labute approximate surface area is 127 Å². The zero-order valence-electron chi connectivity index (χ0n) is 13.2. The molecule has 0 aliphatic heterocycles. The first-order valence-corrected chi connectivity index (χ1v) is 9.12. The second-order valence-corrected chi connectivity index (χ2v) is 6.68. The number of aryl methyl sites for hydroxylation is 2. The molecule has 0 unspecified atom stereocenters. The Bertz CT molecular complexity index is 511. The number of ether oxygens (including phenoxy) is 1. The van der Waals surface area contributed by atoms with Crippen molar-refractivity contribution in [3.63, 3.8) is 0 Å². The van der Waals surface area contributed by atoms with Gasteiger partial charge in [0.05, 0.1) is 19.3 Å². The van der Waals surface area contributed by atoms with Crippen LogP contribution in [0.1, 0.15) is 39.5 Å². The summed E-state index contributed by atoms with van der Waals surface area (Å²) in [6, 6.07) is 0.369. The first kappa shape index (κ1) is 18.0. The number of rotatable bonds is 11. The Hall–Kier alpha value is -1.08. The fourth-order valence-corrected chi connectivity index (χ4v) is 2.98. The summed E-state index contributed by atoms with van der Waals surface area (Å²) in [7, 11) is -1.78. The summed E-state index contributed by atoms with van der Waals surface area (Å²) in [6.45, 7) is 6.02. The van der Waals surface area contributed by atoms with Crippen LogP contribution in [0.5, 0.6) is 6.01 Å². The molecule has 0 radical (unpaired) electrons. The summed E-state index contributed by atoms with van der Waals surface area (Å²) >= 11 is 0. The van der Waals surface area contributed by atoms with E-state index in [-0.39, 0.29) is 5.75 Å². The van der Waals surface area contributed by atoms with E-state index in [9.17, 15) is 8.42 Å². The van der Waals surface area contributed by atoms with Crippen LogP contribution in [0.15, 0.2) is 12.4 Å². The lowest BCUT2D eigenvalue weighted by Gasteiger charge is -2.06. The molecule has 0 fully saturated rings. The third-order valence-electron chi connectivity index (χ3n) is 3.11. The lowest BCUT2D eigenvalue weighted by atomic mass is 10.3. The van der Waals surface area contributed by atoms with E-state index >= 15 is 0 Å². The quantitative estimate of drug-likeness (QED) is 0.353. The minimum Gasteiger partial charge on any atom is -0.382 e. The Kier molecular flexibility index (Phi) is 7.74. The van der Waals surface area contributed by atoms with Crippen LogP contribution in [-0.2, 0) is 28.4 Å². The van der Waals surface area contributed by atoms with E-state index in [2.05, 4.69) is 6.92 Å². The van der Waals surface area contributed by atoms with Gasteiger partial charge in [0.15, 0.2) is 0 Å². The highest BCUT2D eigenvalue weighted by atomic mass is 32.2. The molecule has 122 valence electrons. The van der Waals surface area contributed by atoms with Crippen LogP contribution in [0.3, 0.4) is 0 Å². The molecule has 0 N–H and O–H groups in total. The molecule has 0 spiro atoms. The molecular weight excluding hydrogens is 292 g/mol. The third-order valence-corrected chi connectivity index (χ3v) is 4.30. The van der Waals surface area contributed by atoms with Gasteiger partial charge >= 0.3 is 16.1 Å². The van der Waals surface area contributed by atoms with E-state index in [1.54, 1.807) is 17.8 Å². The van der Waals surface area contributed by atoms with Crippen molar-refractivity contribution in [3.05, 3.63) is 12.4 Å². The lowest BCUT2D eigenvalue weighted by Crippen LogP contribution is -2.31. The minimum absolute atomic E-state index is 0.0129. The van der Waals surface area contributed by atoms with E-state index < -0.39 is 10.1 Å². The molecular formula is C14H27N2O4S+. The van der Waals surface area contributed by atoms with Crippen LogP contribution in [0.4, 0.5) is 0 Å². The average Bonchev–Trinajstić information content (AvgIpc) is 2.77. The maximum Gasteiger partial charge on any atom is 0.471 e. The molecule has 0 saturated carbocycles. The van der Waals surface area contributed by atoms with Gasteiger partial charge in [0.2, 0.25) is 0 Å². The average molecular weight is 319 g/mol. The molecule has 7 heteroatoms. The van der Waals surface area contributed by atoms with Gasteiger partial charge in [0.1, 0.15) is 12.4 Å². The molecule has 0 aliphatic rings. The molecule has 0 aliphatic carbocycles. The van der Waals surface area contributed by atoms with Gasteiger partial charge in [-0.1, -0.05) is 13.3 Å². The van der Waals surface area contributed by atoms with Crippen LogP contribution < -0.4 is 8.75 Å². The largest absolute Gasteiger partial charge is 0.471 e. The molecule has 1 aromatic rings. The van der Waals surface area contributed by atoms with E-state index in [4.69, 9.17) is 8.92 Å². The third kappa shape index (κ3) is 6.48.